The maximum Gasteiger partial charge on any atom is 0.240 e. The van der Waals surface area contributed by atoms with Gasteiger partial charge < -0.3 is 10.4 Å². The van der Waals surface area contributed by atoms with Crippen LogP contribution in [0, 0.1) is 0 Å². The lowest BCUT2D eigenvalue weighted by molar-refractivity contribution is -0.138. The highest BCUT2D eigenvalue weighted by atomic mass is 16.3. The highest BCUT2D eigenvalue weighted by Crippen LogP contribution is 2.36. The van der Waals surface area contributed by atoms with E-state index < -0.39 is 6.10 Å². The number of nitrogens with zero attached hydrogens (tertiary/aromatic N) is 1. The van der Waals surface area contributed by atoms with Crippen LogP contribution in [-0.2, 0) is 4.79 Å². The van der Waals surface area contributed by atoms with Gasteiger partial charge in [0.05, 0.1) is 11.6 Å². The molecule has 4 nitrogen and oxygen atoms in total. The van der Waals surface area contributed by atoms with Crippen LogP contribution in [0.25, 0.3) is 0 Å². The molecule has 1 aliphatic rings. The Hall–Kier alpha value is -1.39. The number of aliphatic hydroxyl groups excluding tert-OH is 1. The zero-order valence-corrected chi connectivity index (χ0v) is 13.2. The van der Waals surface area contributed by atoms with Gasteiger partial charge in [0.25, 0.3) is 0 Å². The molecule has 0 heterocycles. The van der Waals surface area contributed by atoms with E-state index in [0.29, 0.717) is 6.42 Å². The fourth-order valence-electron chi connectivity index (χ4n) is 2.95. The van der Waals surface area contributed by atoms with Crippen molar-refractivity contribution in [2.45, 2.75) is 50.3 Å². The lowest BCUT2D eigenvalue weighted by Gasteiger charge is -2.46. The van der Waals surface area contributed by atoms with Crippen LogP contribution < -0.4 is 5.32 Å². The molecule has 2 unspecified atom stereocenters. The van der Waals surface area contributed by atoms with E-state index in [1.165, 1.54) is 0 Å². The van der Waals surface area contributed by atoms with Crippen LogP contribution >= 0.6 is 0 Å². The van der Waals surface area contributed by atoms with Crippen LogP contribution in [0.15, 0.2) is 30.3 Å². The Balaban J connectivity index is 1.90. The Bertz CT molecular complexity index is 469. The molecule has 4 heteroatoms. The summed E-state index contributed by atoms with van der Waals surface area (Å²) in [5, 5.41) is 13.3. The number of aliphatic hydroxyl groups is 1. The van der Waals surface area contributed by atoms with Crippen LogP contribution in [-0.4, -0.2) is 41.6 Å². The predicted octanol–water partition coefficient (Wildman–Crippen LogP) is 2.10. The molecule has 1 fully saturated rings. The average Bonchev–Trinajstić information content (AvgIpc) is 2.37. The Labute approximate surface area is 127 Å². The van der Waals surface area contributed by atoms with E-state index in [1.807, 2.05) is 56.3 Å². The Morgan fingerprint density at radius 1 is 1.33 bits per heavy atom. The molecule has 0 aliphatic heterocycles. The minimum absolute atomic E-state index is 0.0508. The summed E-state index contributed by atoms with van der Waals surface area (Å²) in [6.45, 7) is 1.95. The van der Waals surface area contributed by atoms with Gasteiger partial charge in [0.2, 0.25) is 5.91 Å². The van der Waals surface area contributed by atoms with Gasteiger partial charge in [-0.05, 0) is 52.3 Å². The third-order valence-corrected chi connectivity index (χ3v) is 4.60. The molecule has 1 aliphatic carbocycles. The van der Waals surface area contributed by atoms with E-state index in [4.69, 9.17) is 0 Å². The standard InChI is InChI=1S/C17H26N2O2/c1-13(12-15(20)14-8-5-4-6-9-14)18-16(21)17(19(2)3)10-7-11-17/h4-6,8-9,13,15,20H,7,10-12H2,1-3H3,(H,18,21). The van der Waals surface area contributed by atoms with Crippen molar-refractivity contribution in [3.63, 3.8) is 0 Å². The van der Waals surface area contributed by atoms with Gasteiger partial charge in [0, 0.05) is 6.04 Å². The molecule has 1 aromatic carbocycles. The van der Waals surface area contributed by atoms with Crippen molar-refractivity contribution in [2.75, 3.05) is 14.1 Å². The molecule has 0 aromatic heterocycles. The van der Waals surface area contributed by atoms with Crippen molar-refractivity contribution in [1.29, 1.82) is 0 Å². The van der Waals surface area contributed by atoms with E-state index in [-0.39, 0.29) is 17.5 Å². The Morgan fingerprint density at radius 3 is 2.43 bits per heavy atom. The molecule has 116 valence electrons. The molecule has 21 heavy (non-hydrogen) atoms. The molecule has 1 saturated carbocycles. The first-order chi connectivity index (χ1) is 9.95. The van der Waals surface area contributed by atoms with Gasteiger partial charge >= 0.3 is 0 Å². The van der Waals surface area contributed by atoms with Gasteiger partial charge in [0.15, 0.2) is 0 Å². The lowest BCUT2D eigenvalue weighted by atomic mass is 9.75. The second-order valence-electron chi connectivity index (χ2n) is 6.32. The summed E-state index contributed by atoms with van der Waals surface area (Å²) in [5.74, 6) is 0.0894. The molecule has 1 amide bonds. The van der Waals surface area contributed by atoms with Gasteiger partial charge in [-0.2, -0.15) is 0 Å². The third kappa shape index (κ3) is 3.44. The summed E-state index contributed by atoms with van der Waals surface area (Å²) in [6, 6.07) is 9.52. The summed E-state index contributed by atoms with van der Waals surface area (Å²) in [6.07, 6.45) is 2.92. The number of amides is 1. The topological polar surface area (TPSA) is 52.6 Å². The number of rotatable bonds is 6. The molecular weight excluding hydrogens is 264 g/mol. The van der Waals surface area contributed by atoms with E-state index in [9.17, 15) is 9.90 Å². The Kier molecular flexibility index (Phi) is 5.01. The molecule has 0 radical (unpaired) electrons. The molecule has 0 saturated heterocycles. The zero-order chi connectivity index (χ0) is 15.5. The van der Waals surface area contributed by atoms with Crippen molar-refractivity contribution < 1.29 is 9.90 Å². The smallest absolute Gasteiger partial charge is 0.240 e. The van der Waals surface area contributed by atoms with Crippen LogP contribution in [0.3, 0.4) is 0 Å². The van der Waals surface area contributed by atoms with E-state index in [1.54, 1.807) is 0 Å². The van der Waals surface area contributed by atoms with E-state index in [2.05, 4.69) is 5.32 Å². The predicted molar refractivity (Wildman–Crippen MR) is 83.9 cm³/mol. The van der Waals surface area contributed by atoms with E-state index in [0.717, 1.165) is 24.8 Å². The molecule has 0 bridgehead atoms. The number of carbonyl (C=O) groups excluding carboxylic acids is 1. The van der Waals surface area contributed by atoms with Crippen LogP contribution in [0.4, 0.5) is 0 Å². The second kappa shape index (κ2) is 6.58. The highest BCUT2D eigenvalue weighted by molar-refractivity contribution is 5.87. The molecule has 2 N–H and O–H groups in total. The second-order valence-corrected chi connectivity index (χ2v) is 6.32. The summed E-state index contributed by atoms with van der Waals surface area (Å²) >= 11 is 0. The van der Waals surface area contributed by atoms with Crippen LogP contribution in [0.1, 0.15) is 44.3 Å². The normalized spacial score (nSPS) is 19.7. The summed E-state index contributed by atoms with van der Waals surface area (Å²) in [5.41, 5.74) is 0.552. The third-order valence-electron chi connectivity index (χ3n) is 4.60. The van der Waals surface area contributed by atoms with E-state index >= 15 is 0 Å². The van der Waals surface area contributed by atoms with Gasteiger partial charge in [-0.3, -0.25) is 9.69 Å². The number of hydrogen-bond acceptors (Lipinski definition) is 3. The first-order valence-corrected chi connectivity index (χ1v) is 7.67. The lowest BCUT2D eigenvalue weighted by Crippen LogP contribution is -2.61. The summed E-state index contributed by atoms with van der Waals surface area (Å²) < 4.78 is 0. The zero-order valence-electron chi connectivity index (χ0n) is 13.2. The molecule has 0 spiro atoms. The van der Waals surface area contributed by atoms with Crippen LogP contribution in [0.2, 0.25) is 0 Å². The quantitative estimate of drug-likeness (QED) is 0.843. The minimum Gasteiger partial charge on any atom is -0.388 e. The first kappa shape index (κ1) is 16.0. The van der Waals surface area contributed by atoms with Gasteiger partial charge in [-0.1, -0.05) is 30.3 Å². The fraction of sp³-hybridized carbons (Fsp3) is 0.588. The monoisotopic (exact) mass is 290 g/mol. The number of nitrogens with one attached hydrogen (secondary N) is 1. The van der Waals surface area contributed by atoms with Gasteiger partial charge in [-0.15, -0.1) is 0 Å². The van der Waals surface area contributed by atoms with Crippen LogP contribution in [0.5, 0.6) is 0 Å². The highest BCUT2D eigenvalue weighted by Gasteiger charge is 2.46. The summed E-state index contributed by atoms with van der Waals surface area (Å²) in [7, 11) is 3.92. The SMILES string of the molecule is CC(CC(O)c1ccccc1)NC(=O)C1(N(C)C)CCC1. The first-order valence-electron chi connectivity index (χ1n) is 7.67. The summed E-state index contributed by atoms with van der Waals surface area (Å²) in [4.78, 5) is 14.5. The number of benzene rings is 1. The fourth-order valence-corrected chi connectivity index (χ4v) is 2.95. The Morgan fingerprint density at radius 2 is 1.95 bits per heavy atom. The van der Waals surface area contributed by atoms with Gasteiger partial charge in [0.1, 0.15) is 0 Å². The molecular formula is C17H26N2O2. The minimum atomic E-state index is -0.543. The van der Waals surface area contributed by atoms with Crippen molar-refractivity contribution in [3.8, 4) is 0 Å². The average molecular weight is 290 g/mol. The maximum absolute atomic E-state index is 12.5. The molecule has 2 atom stereocenters. The van der Waals surface area contributed by atoms with Crippen molar-refractivity contribution in [1.82, 2.24) is 10.2 Å². The van der Waals surface area contributed by atoms with Crippen molar-refractivity contribution in [2.24, 2.45) is 0 Å². The van der Waals surface area contributed by atoms with Gasteiger partial charge in [-0.25, -0.2) is 0 Å². The van der Waals surface area contributed by atoms with Crippen molar-refractivity contribution >= 4 is 5.91 Å². The largest absolute Gasteiger partial charge is 0.388 e. The maximum atomic E-state index is 12.5. The van der Waals surface area contributed by atoms with Crippen molar-refractivity contribution in [3.05, 3.63) is 35.9 Å². The number of carbonyl (C=O) groups is 1. The number of likely N-dealkylation sites (N-methyl/N-ethyl adjacent to an activating group) is 1. The molecule has 2 rings (SSSR count). The number of hydrogen-bond donors (Lipinski definition) is 2. The molecule has 1 aromatic rings.